The standard InChI is InChI=1S/C12H10N4O2S2/c1-18-11(17)15-9-7-16-6-8(2-3-10(16)14-9)20-12-13-4-5-19-12/h2-7H,1H3,(H,15,17). The topological polar surface area (TPSA) is 68.5 Å². The van der Waals surface area contributed by atoms with E-state index in [1.54, 1.807) is 35.5 Å². The van der Waals surface area contributed by atoms with E-state index in [0.717, 1.165) is 14.9 Å². The zero-order valence-electron chi connectivity index (χ0n) is 10.4. The first kappa shape index (κ1) is 12.9. The van der Waals surface area contributed by atoms with E-state index in [0.29, 0.717) is 5.82 Å². The molecule has 102 valence electrons. The molecule has 3 rings (SSSR count). The van der Waals surface area contributed by atoms with Gasteiger partial charge in [-0.2, -0.15) is 0 Å². The van der Waals surface area contributed by atoms with Gasteiger partial charge in [0.1, 0.15) is 5.65 Å². The Morgan fingerprint density at radius 2 is 2.35 bits per heavy atom. The summed E-state index contributed by atoms with van der Waals surface area (Å²) in [5, 5.41) is 4.48. The summed E-state index contributed by atoms with van der Waals surface area (Å²) in [5.74, 6) is 0.452. The monoisotopic (exact) mass is 306 g/mol. The second kappa shape index (κ2) is 5.51. The van der Waals surface area contributed by atoms with Crippen molar-refractivity contribution in [2.75, 3.05) is 12.4 Å². The highest BCUT2D eigenvalue weighted by Gasteiger charge is 2.07. The quantitative estimate of drug-likeness (QED) is 0.805. The number of carbonyl (C=O) groups is 1. The number of nitrogens with zero attached hydrogens (tertiary/aromatic N) is 3. The van der Waals surface area contributed by atoms with Gasteiger partial charge in [0, 0.05) is 22.7 Å². The Kier molecular flexibility index (Phi) is 3.57. The third kappa shape index (κ3) is 2.75. The Hall–Kier alpha value is -2.06. The van der Waals surface area contributed by atoms with Gasteiger partial charge in [-0.15, -0.1) is 11.3 Å². The van der Waals surface area contributed by atoms with E-state index in [-0.39, 0.29) is 0 Å². The summed E-state index contributed by atoms with van der Waals surface area (Å²) in [5.41, 5.74) is 0.750. The van der Waals surface area contributed by atoms with Crippen molar-refractivity contribution in [3.8, 4) is 0 Å². The Balaban J connectivity index is 1.85. The first-order chi connectivity index (χ1) is 9.74. The minimum Gasteiger partial charge on any atom is -0.453 e. The molecular weight excluding hydrogens is 296 g/mol. The van der Waals surface area contributed by atoms with Crippen LogP contribution in [-0.2, 0) is 4.74 Å². The van der Waals surface area contributed by atoms with Gasteiger partial charge in [0.05, 0.1) is 13.3 Å². The van der Waals surface area contributed by atoms with Crippen LogP contribution in [0.5, 0.6) is 0 Å². The van der Waals surface area contributed by atoms with Gasteiger partial charge in [-0.05, 0) is 12.1 Å². The van der Waals surface area contributed by atoms with Crippen molar-refractivity contribution in [1.82, 2.24) is 14.4 Å². The average Bonchev–Trinajstić information content (AvgIpc) is 3.07. The minimum atomic E-state index is -0.536. The molecule has 0 aliphatic heterocycles. The molecule has 0 fully saturated rings. The van der Waals surface area contributed by atoms with Crippen LogP contribution in [0.3, 0.4) is 0 Å². The third-order valence-corrected chi connectivity index (χ3v) is 4.32. The first-order valence-corrected chi connectivity index (χ1v) is 7.35. The Morgan fingerprint density at radius 3 is 3.10 bits per heavy atom. The van der Waals surface area contributed by atoms with Crippen molar-refractivity contribution in [2.24, 2.45) is 0 Å². The predicted molar refractivity (Wildman–Crippen MR) is 77.5 cm³/mol. The molecule has 0 saturated heterocycles. The summed E-state index contributed by atoms with van der Waals surface area (Å²) in [4.78, 5) is 20.7. The number of methoxy groups -OCH3 is 1. The third-order valence-electron chi connectivity index (χ3n) is 2.45. The molecule has 0 atom stereocenters. The number of aromatic nitrogens is 3. The first-order valence-electron chi connectivity index (χ1n) is 5.65. The molecule has 0 aliphatic carbocycles. The van der Waals surface area contributed by atoms with Gasteiger partial charge in [0.25, 0.3) is 0 Å². The molecule has 0 bridgehead atoms. The number of amides is 1. The fourth-order valence-electron chi connectivity index (χ4n) is 1.61. The zero-order valence-corrected chi connectivity index (χ0v) is 12.1. The number of ether oxygens (including phenoxy) is 1. The van der Waals surface area contributed by atoms with Crippen LogP contribution in [0.2, 0.25) is 0 Å². The van der Waals surface area contributed by atoms with E-state index in [1.165, 1.54) is 7.11 Å². The Labute approximate surface area is 122 Å². The van der Waals surface area contributed by atoms with Gasteiger partial charge >= 0.3 is 6.09 Å². The van der Waals surface area contributed by atoms with Crippen molar-refractivity contribution in [2.45, 2.75) is 9.24 Å². The van der Waals surface area contributed by atoms with Crippen LogP contribution in [-0.4, -0.2) is 27.6 Å². The summed E-state index contributed by atoms with van der Waals surface area (Å²) in [7, 11) is 1.31. The number of imidazole rings is 1. The molecule has 1 N–H and O–H groups in total. The van der Waals surface area contributed by atoms with Crippen LogP contribution in [0.4, 0.5) is 10.6 Å². The molecule has 0 aliphatic rings. The number of rotatable bonds is 3. The molecule has 0 radical (unpaired) electrons. The lowest BCUT2D eigenvalue weighted by molar-refractivity contribution is 0.187. The van der Waals surface area contributed by atoms with Crippen LogP contribution in [0, 0.1) is 0 Å². The van der Waals surface area contributed by atoms with Crippen molar-refractivity contribution < 1.29 is 9.53 Å². The molecule has 3 aromatic heterocycles. The fraction of sp³-hybridized carbons (Fsp3) is 0.0833. The van der Waals surface area contributed by atoms with Gasteiger partial charge in [0.15, 0.2) is 10.2 Å². The number of anilines is 1. The minimum absolute atomic E-state index is 0.452. The van der Waals surface area contributed by atoms with Crippen LogP contribution >= 0.6 is 23.1 Å². The SMILES string of the molecule is COC(=O)Nc1cn2cc(Sc3nccs3)ccc2n1. The lowest BCUT2D eigenvalue weighted by Gasteiger charge is -1.98. The molecule has 0 aromatic carbocycles. The van der Waals surface area contributed by atoms with Gasteiger partial charge in [0.2, 0.25) is 0 Å². The van der Waals surface area contributed by atoms with Crippen LogP contribution < -0.4 is 5.32 Å². The van der Waals surface area contributed by atoms with Crippen LogP contribution in [0.1, 0.15) is 0 Å². The smallest absolute Gasteiger partial charge is 0.412 e. The average molecular weight is 306 g/mol. The van der Waals surface area contributed by atoms with E-state index in [2.05, 4.69) is 20.0 Å². The molecule has 8 heteroatoms. The Morgan fingerprint density at radius 1 is 1.45 bits per heavy atom. The summed E-state index contributed by atoms with van der Waals surface area (Å²) in [6, 6.07) is 3.86. The number of nitrogens with one attached hydrogen (secondary N) is 1. The molecule has 3 aromatic rings. The molecule has 3 heterocycles. The maximum Gasteiger partial charge on any atom is 0.412 e. The fourth-order valence-corrected chi connectivity index (χ4v) is 3.23. The second-order valence-corrected chi connectivity index (χ2v) is 5.99. The Bertz CT molecular complexity index is 739. The lowest BCUT2D eigenvalue weighted by Crippen LogP contribution is -2.10. The van der Waals surface area contributed by atoms with Crippen LogP contribution in [0.15, 0.2) is 45.3 Å². The maximum atomic E-state index is 11.1. The highest BCUT2D eigenvalue weighted by Crippen LogP contribution is 2.29. The predicted octanol–water partition coefficient (Wildman–Crippen LogP) is 3.12. The molecule has 20 heavy (non-hydrogen) atoms. The van der Waals surface area contributed by atoms with Gasteiger partial charge < -0.3 is 9.14 Å². The molecule has 0 saturated carbocycles. The summed E-state index contributed by atoms with van der Waals surface area (Å²) >= 11 is 3.18. The normalized spacial score (nSPS) is 10.7. The van der Waals surface area contributed by atoms with Gasteiger partial charge in [-0.25, -0.2) is 14.8 Å². The van der Waals surface area contributed by atoms with E-state index in [1.807, 2.05) is 28.1 Å². The molecule has 1 amide bonds. The number of pyridine rings is 1. The molecule has 6 nitrogen and oxygen atoms in total. The highest BCUT2D eigenvalue weighted by molar-refractivity contribution is 8.01. The van der Waals surface area contributed by atoms with E-state index < -0.39 is 6.09 Å². The summed E-state index contributed by atoms with van der Waals surface area (Å²) in [6.45, 7) is 0. The van der Waals surface area contributed by atoms with Crippen LogP contribution in [0.25, 0.3) is 5.65 Å². The van der Waals surface area contributed by atoms with Gasteiger partial charge in [-0.1, -0.05) is 11.8 Å². The lowest BCUT2D eigenvalue weighted by atomic mass is 10.5. The van der Waals surface area contributed by atoms with Crippen molar-refractivity contribution in [3.05, 3.63) is 36.1 Å². The summed E-state index contributed by atoms with van der Waals surface area (Å²) in [6.07, 6.45) is 4.92. The number of hydrogen-bond acceptors (Lipinski definition) is 6. The number of thiazole rings is 1. The van der Waals surface area contributed by atoms with Crippen molar-refractivity contribution in [3.63, 3.8) is 0 Å². The number of hydrogen-bond donors (Lipinski definition) is 1. The largest absolute Gasteiger partial charge is 0.453 e. The number of fused-ring (bicyclic) bond motifs is 1. The van der Waals surface area contributed by atoms with Crippen molar-refractivity contribution in [1.29, 1.82) is 0 Å². The molecular formula is C12H10N4O2S2. The second-order valence-electron chi connectivity index (χ2n) is 3.77. The highest BCUT2D eigenvalue weighted by atomic mass is 32.2. The zero-order chi connectivity index (χ0) is 13.9. The molecule has 0 spiro atoms. The van der Waals surface area contributed by atoms with E-state index in [9.17, 15) is 4.79 Å². The molecule has 0 unspecified atom stereocenters. The summed E-state index contributed by atoms with van der Waals surface area (Å²) < 4.78 is 7.37. The van der Waals surface area contributed by atoms with E-state index in [4.69, 9.17) is 0 Å². The number of carbonyl (C=O) groups excluding carboxylic acids is 1. The van der Waals surface area contributed by atoms with E-state index >= 15 is 0 Å². The van der Waals surface area contributed by atoms with Gasteiger partial charge in [-0.3, -0.25) is 5.32 Å². The van der Waals surface area contributed by atoms with Crippen molar-refractivity contribution >= 4 is 40.7 Å². The maximum absolute atomic E-state index is 11.1.